The van der Waals surface area contributed by atoms with Crippen LogP contribution in [0.15, 0.2) is 43.0 Å². The van der Waals surface area contributed by atoms with Crippen LogP contribution in [0.3, 0.4) is 0 Å². The van der Waals surface area contributed by atoms with Crippen LogP contribution in [-0.2, 0) is 14.2 Å². The summed E-state index contributed by atoms with van der Waals surface area (Å²) >= 11 is 0. The van der Waals surface area contributed by atoms with E-state index in [2.05, 4.69) is 15.0 Å². The fourth-order valence-electron chi connectivity index (χ4n) is 3.63. The highest BCUT2D eigenvalue weighted by atomic mass is 19.1. The summed E-state index contributed by atoms with van der Waals surface area (Å²) in [6.45, 7) is 0.442. The summed E-state index contributed by atoms with van der Waals surface area (Å²) in [5.74, 6) is 0.259. The molecule has 0 bridgehead atoms. The quantitative estimate of drug-likeness (QED) is 0.733. The minimum absolute atomic E-state index is 0.167. The van der Waals surface area contributed by atoms with E-state index in [1.807, 2.05) is 30.3 Å². The number of nitrogens with two attached hydrogens (primary N) is 1. The Hall–Kier alpha value is -2.62. The predicted octanol–water partition coefficient (Wildman–Crippen LogP) is 1.80. The Bertz CT molecular complexity index is 953. The largest absolute Gasteiger partial charge is 0.382 e. The van der Waals surface area contributed by atoms with E-state index in [1.54, 1.807) is 4.57 Å². The number of benzene rings is 1. The van der Waals surface area contributed by atoms with Gasteiger partial charge in [0.1, 0.15) is 24.1 Å². The van der Waals surface area contributed by atoms with Crippen molar-refractivity contribution >= 4 is 17.0 Å². The lowest BCUT2D eigenvalue weighted by Gasteiger charge is -2.44. The number of nitrogens with zero attached hydrogens (tertiary/aromatic N) is 4. The van der Waals surface area contributed by atoms with E-state index in [0.29, 0.717) is 11.2 Å². The normalized spacial score (nSPS) is 30.9. The maximum atomic E-state index is 15.5. The highest BCUT2D eigenvalue weighted by Gasteiger charge is 2.47. The van der Waals surface area contributed by atoms with Crippen molar-refractivity contribution in [3.05, 3.63) is 48.5 Å². The molecular weight excluding hydrogens is 353 g/mol. The Kier molecular flexibility index (Phi) is 4.00. The highest BCUT2D eigenvalue weighted by Crippen LogP contribution is 2.37. The molecule has 27 heavy (non-hydrogen) atoms. The molecule has 5 atom stereocenters. The summed E-state index contributed by atoms with van der Waals surface area (Å²) in [5, 5.41) is 0. The maximum absolute atomic E-state index is 15.5. The lowest BCUT2D eigenvalue weighted by Crippen LogP contribution is -2.54. The molecule has 1 unspecified atom stereocenters. The first-order valence-corrected chi connectivity index (χ1v) is 8.73. The molecule has 0 aliphatic carbocycles. The van der Waals surface area contributed by atoms with E-state index in [4.69, 9.17) is 19.9 Å². The number of ether oxygens (including phenoxy) is 3. The van der Waals surface area contributed by atoms with Crippen LogP contribution in [0.1, 0.15) is 17.9 Å². The zero-order valence-corrected chi connectivity index (χ0v) is 14.3. The number of aromatic nitrogens is 4. The van der Waals surface area contributed by atoms with Gasteiger partial charge in [-0.25, -0.2) is 19.3 Å². The molecule has 2 aromatic heterocycles. The van der Waals surface area contributed by atoms with E-state index < -0.39 is 30.7 Å². The minimum atomic E-state index is -1.31. The fourth-order valence-corrected chi connectivity index (χ4v) is 3.63. The van der Waals surface area contributed by atoms with Crippen molar-refractivity contribution in [2.75, 3.05) is 18.9 Å². The topological polar surface area (TPSA) is 97.3 Å². The van der Waals surface area contributed by atoms with Gasteiger partial charge in [0, 0.05) is 5.56 Å². The number of alkyl halides is 1. The smallest absolute Gasteiger partial charge is 0.184 e. The van der Waals surface area contributed by atoms with Crippen molar-refractivity contribution in [3.8, 4) is 0 Å². The molecule has 5 rings (SSSR count). The van der Waals surface area contributed by atoms with E-state index in [-0.39, 0.29) is 19.0 Å². The van der Waals surface area contributed by atoms with Gasteiger partial charge in [0.15, 0.2) is 23.9 Å². The van der Waals surface area contributed by atoms with Crippen LogP contribution in [0.2, 0.25) is 0 Å². The van der Waals surface area contributed by atoms with Gasteiger partial charge < -0.3 is 24.5 Å². The average molecular weight is 371 g/mol. The number of halogens is 1. The Labute approximate surface area is 154 Å². The van der Waals surface area contributed by atoms with Crippen LogP contribution >= 0.6 is 0 Å². The monoisotopic (exact) mass is 371 g/mol. The molecule has 0 radical (unpaired) electrons. The van der Waals surface area contributed by atoms with Crippen molar-refractivity contribution in [1.82, 2.24) is 19.5 Å². The molecule has 4 heterocycles. The van der Waals surface area contributed by atoms with Gasteiger partial charge in [-0.1, -0.05) is 30.3 Å². The molecule has 0 spiro atoms. The molecule has 2 N–H and O–H groups in total. The van der Waals surface area contributed by atoms with E-state index in [1.165, 1.54) is 12.7 Å². The molecule has 1 aromatic carbocycles. The van der Waals surface area contributed by atoms with E-state index in [0.717, 1.165) is 5.56 Å². The van der Waals surface area contributed by atoms with Gasteiger partial charge in [-0.15, -0.1) is 0 Å². The lowest BCUT2D eigenvalue weighted by atomic mass is 9.98. The van der Waals surface area contributed by atoms with Gasteiger partial charge in [-0.3, -0.25) is 0 Å². The molecule has 0 saturated carbocycles. The van der Waals surface area contributed by atoms with Gasteiger partial charge in [-0.2, -0.15) is 0 Å². The molecule has 2 aliphatic heterocycles. The molecule has 140 valence electrons. The second kappa shape index (κ2) is 6.52. The zero-order valence-electron chi connectivity index (χ0n) is 14.3. The molecule has 2 fully saturated rings. The molecular formula is C18H18FN5O3. The van der Waals surface area contributed by atoms with Crippen molar-refractivity contribution in [2.24, 2.45) is 0 Å². The van der Waals surface area contributed by atoms with Crippen molar-refractivity contribution in [2.45, 2.75) is 30.7 Å². The molecule has 0 amide bonds. The van der Waals surface area contributed by atoms with Gasteiger partial charge >= 0.3 is 0 Å². The van der Waals surface area contributed by atoms with Gasteiger partial charge in [-0.05, 0) is 0 Å². The third-order valence-electron chi connectivity index (χ3n) is 5.04. The second-order valence-corrected chi connectivity index (χ2v) is 6.64. The van der Waals surface area contributed by atoms with Crippen LogP contribution in [0.4, 0.5) is 10.2 Å². The van der Waals surface area contributed by atoms with Gasteiger partial charge in [0.05, 0.1) is 25.6 Å². The van der Waals surface area contributed by atoms with Gasteiger partial charge in [0.25, 0.3) is 0 Å². The van der Waals surface area contributed by atoms with Crippen molar-refractivity contribution in [1.29, 1.82) is 0 Å². The minimum Gasteiger partial charge on any atom is -0.382 e. The first-order chi connectivity index (χ1) is 13.2. The summed E-state index contributed by atoms with van der Waals surface area (Å²) in [6, 6.07) is 8.85. The van der Waals surface area contributed by atoms with Crippen LogP contribution in [-0.4, -0.2) is 51.1 Å². The van der Waals surface area contributed by atoms with Crippen LogP contribution in [0.25, 0.3) is 11.2 Å². The number of rotatable bonds is 2. The Morgan fingerprint density at radius 2 is 1.93 bits per heavy atom. The SMILES string of the molecule is Nc1ncnc2c1ncn2[C@@H]1CO[C@@H]2CO[C@@H](c3ccccc3)OC2[C@H]1F. The summed E-state index contributed by atoms with van der Waals surface area (Å²) < 4.78 is 34.6. The third-order valence-corrected chi connectivity index (χ3v) is 5.04. The number of imidazole rings is 1. The first-order valence-electron chi connectivity index (χ1n) is 8.73. The average Bonchev–Trinajstić information content (AvgIpc) is 3.14. The van der Waals surface area contributed by atoms with Crippen LogP contribution in [0.5, 0.6) is 0 Å². The molecule has 8 nitrogen and oxygen atoms in total. The Balaban J connectivity index is 1.43. The Morgan fingerprint density at radius 1 is 1.07 bits per heavy atom. The Morgan fingerprint density at radius 3 is 2.78 bits per heavy atom. The fraction of sp³-hybridized carbons (Fsp3) is 0.389. The molecule has 9 heteroatoms. The highest BCUT2D eigenvalue weighted by molar-refractivity contribution is 5.81. The number of hydrogen-bond donors (Lipinski definition) is 1. The molecule has 3 aromatic rings. The zero-order chi connectivity index (χ0) is 18.4. The summed E-state index contributed by atoms with van der Waals surface area (Å²) in [6.07, 6.45) is -0.278. The molecule has 2 saturated heterocycles. The van der Waals surface area contributed by atoms with E-state index >= 15 is 4.39 Å². The number of nitrogen functional groups attached to an aromatic ring is 1. The number of hydrogen-bond acceptors (Lipinski definition) is 7. The summed E-state index contributed by atoms with van der Waals surface area (Å²) in [4.78, 5) is 12.3. The summed E-state index contributed by atoms with van der Waals surface area (Å²) in [7, 11) is 0. The van der Waals surface area contributed by atoms with Crippen LogP contribution < -0.4 is 5.73 Å². The molecule has 2 aliphatic rings. The lowest BCUT2D eigenvalue weighted by molar-refractivity contribution is -0.298. The van der Waals surface area contributed by atoms with Crippen LogP contribution in [0, 0.1) is 0 Å². The number of anilines is 1. The third kappa shape index (κ3) is 2.75. The predicted molar refractivity (Wildman–Crippen MR) is 93.4 cm³/mol. The summed E-state index contributed by atoms with van der Waals surface area (Å²) in [5.41, 5.74) is 7.60. The van der Waals surface area contributed by atoms with Crippen molar-refractivity contribution in [3.63, 3.8) is 0 Å². The van der Waals surface area contributed by atoms with Crippen molar-refractivity contribution < 1.29 is 18.6 Å². The van der Waals surface area contributed by atoms with Gasteiger partial charge in [0.2, 0.25) is 0 Å². The number of fused-ring (bicyclic) bond motifs is 2. The second-order valence-electron chi connectivity index (χ2n) is 6.64. The maximum Gasteiger partial charge on any atom is 0.184 e. The standard InChI is InChI=1S/C18H18FN5O3/c19-13-11(24-9-23-14-16(20)21-8-22-17(14)24)6-25-12-7-26-18(27-15(12)13)10-4-2-1-3-5-10/h1-5,8-9,11-13,15,18H,6-7H2,(H2,20,21,22)/t11-,12-,13+,15?,18-/m1/s1. The van der Waals surface area contributed by atoms with E-state index in [9.17, 15) is 0 Å². The first kappa shape index (κ1) is 16.5.